The van der Waals surface area contributed by atoms with Gasteiger partial charge in [-0.05, 0) is 64.8 Å². The first kappa shape index (κ1) is 21.1. The van der Waals surface area contributed by atoms with E-state index in [1.54, 1.807) is 48.5 Å². The second kappa shape index (κ2) is 9.76. The molecule has 0 aromatic heterocycles. The highest BCUT2D eigenvalue weighted by molar-refractivity contribution is 9.10. The minimum absolute atomic E-state index is 0.201. The van der Waals surface area contributed by atoms with Crippen LogP contribution in [0.1, 0.15) is 12.5 Å². The fourth-order valence-electron chi connectivity index (χ4n) is 2.84. The molecule has 0 saturated heterocycles. The number of hydrogen-bond acceptors (Lipinski definition) is 3. The number of benzene rings is 3. The average Bonchev–Trinajstić information content (AvgIpc) is 2.73. The molecule has 0 atom stereocenters. The Hall–Kier alpha value is -2.57. The van der Waals surface area contributed by atoms with Crippen LogP contribution in [0.2, 0.25) is 0 Å². The first-order valence-corrected chi connectivity index (χ1v) is 11.5. The van der Waals surface area contributed by atoms with Gasteiger partial charge in [0.2, 0.25) is 0 Å². The molecule has 29 heavy (non-hydrogen) atoms. The van der Waals surface area contributed by atoms with Crippen LogP contribution in [0.15, 0.2) is 94.3 Å². The third-order valence-corrected chi connectivity index (χ3v) is 7.03. The number of anilines is 1. The largest absolute Gasteiger partial charge is 0.494 e. The predicted octanol–water partition coefficient (Wildman–Crippen LogP) is 5.76. The Labute approximate surface area is 180 Å². The number of sulfonamides is 1. The molecular formula is C23H22BrNO3S. The average molecular weight is 472 g/mol. The number of halogens is 1. The van der Waals surface area contributed by atoms with Crippen molar-refractivity contribution in [2.24, 2.45) is 0 Å². The van der Waals surface area contributed by atoms with Gasteiger partial charge in [0.05, 0.1) is 18.8 Å². The summed E-state index contributed by atoms with van der Waals surface area (Å²) in [4.78, 5) is 0.224. The summed E-state index contributed by atoms with van der Waals surface area (Å²) in [5, 5.41) is 0. The molecule has 4 nitrogen and oxygen atoms in total. The van der Waals surface area contributed by atoms with E-state index in [1.165, 1.54) is 4.31 Å². The van der Waals surface area contributed by atoms with Crippen molar-refractivity contribution in [3.05, 3.63) is 95.0 Å². The quantitative estimate of drug-likeness (QED) is 0.419. The van der Waals surface area contributed by atoms with Crippen LogP contribution in [0.5, 0.6) is 5.75 Å². The van der Waals surface area contributed by atoms with Crippen molar-refractivity contribution in [2.75, 3.05) is 17.5 Å². The number of ether oxygens (including phenoxy) is 1. The maximum absolute atomic E-state index is 13.4. The molecule has 0 aliphatic carbocycles. The number of rotatable bonds is 8. The Balaban J connectivity index is 1.96. The van der Waals surface area contributed by atoms with Crippen LogP contribution in [0, 0.1) is 0 Å². The lowest BCUT2D eigenvalue weighted by Crippen LogP contribution is -2.31. The fourth-order valence-corrected chi connectivity index (χ4v) is 5.22. The summed E-state index contributed by atoms with van der Waals surface area (Å²) < 4.78 is 34.3. The molecule has 3 aromatic carbocycles. The lowest BCUT2D eigenvalue weighted by atomic mass is 10.2. The zero-order chi connectivity index (χ0) is 20.7. The Morgan fingerprint density at radius 1 is 0.931 bits per heavy atom. The summed E-state index contributed by atoms with van der Waals surface area (Å²) >= 11 is 3.37. The van der Waals surface area contributed by atoms with Crippen molar-refractivity contribution >= 4 is 37.7 Å². The summed E-state index contributed by atoms with van der Waals surface area (Å²) in [6.45, 7) is 2.66. The maximum atomic E-state index is 13.4. The van der Waals surface area contributed by atoms with E-state index in [0.29, 0.717) is 22.5 Å². The second-order valence-electron chi connectivity index (χ2n) is 6.21. The van der Waals surface area contributed by atoms with Gasteiger partial charge in [0, 0.05) is 4.47 Å². The molecule has 0 amide bonds. The number of hydrogen-bond donors (Lipinski definition) is 0. The first-order chi connectivity index (χ1) is 14.0. The highest BCUT2D eigenvalue weighted by Crippen LogP contribution is 2.29. The SMILES string of the molecule is CCOc1ccc(N(C/C=C/c2ccccc2)S(=O)(=O)c2ccccc2Br)cc1. The van der Waals surface area contributed by atoms with Crippen LogP contribution in [0.25, 0.3) is 6.08 Å². The van der Waals surface area contributed by atoms with Crippen LogP contribution in [0.3, 0.4) is 0 Å². The van der Waals surface area contributed by atoms with E-state index < -0.39 is 10.0 Å². The van der Waals surface area contributed by atoms with Gasteiger partial charge >= 0.3 is 0 Å². The highest BCUT2D eigenvalue weighted by Gasteiger charge is 2.26. The molecule has 0 N–H and O–H groups in total. The van der Waals surface area contributed by atoms with Crippen LogP contribution in [-0.4, -0.2) is 21.6 Å². The minimum Gasteiger partial charge on any atom is -0.494 e. The standard InChI is InChI=1S/C23H22BrNO3S/c1-2-28-21-16-14-20(15-17-21)25(18-8-11-19-9-4-3-5-10-19)29(26,27)23-13-7-6-12-22(23)24/h3-17H,2,18H2,1H3/b11-8+. The zero-order valence-corrected chi connectivity index (χ0v) is 18.4. The Bertz CT molecular complexity index is 1060. The summed E-state index contributed by atoms with van der Waals surface area (Å²) in [5.74, 6) is 0.703. The smallest absolute Gasteiger partial charge is 0.265 e. The van der Waals surface area contributed by atoms with Gasteiger partial charge < -0.3 is 4.74 Å². The van der Waals surface area contributed by atoms with Crippen LogP contribution < -0.4 is 9.04 Å². The van der Waals surface area contributed by atoms with E-state index in [9.17, 15) is 8.42 Å². The summed E-state index contributed by atoms with van der Waals surface area (Å²) in [6.07, 6.45) is 3.76. The number of nitrogens with zero attached hydrogens (tertiary/aromatic N) is 1. The lowest BCUT2D eigenvalue weighted by Gasteiger charge is -2.24. The van der Waals surface area contributed by atoms with Gasteiger partial charge in [-0.25, -0.2) is 8.42 Å². The second-order valence-corrected chi connectivity index (χ2v) is 8.89. The third-order valence-electron chi connectivity index (χ3n) is 4.22. The Morgan fingerprint density at radius 3 is 2.24 bits per heavy atom. The van der Waals surface area contributed by atoms with Gasteiger partial charge in [0.1, 0.15) is 10.6 Å². The molecular weight excluding hydrogens is 450 g/mol. The maximum Gasteiger partial charge on any atom is 0.265 e. The van der Waals surface area contributed by atoms with E-state index in [4.69, 9.17) is 4.74 Å². The van der Waals surface area contributed by atoms with Crippen molar-refractivity contribution in [3.63, 3.8) is 0 Å². The highest BCUT2D eigenvalue weighted by atomic mass is 79.9. The zero-order valence-electron chi connectivity index (χ0n) is 16.0. The Morgan fingerprint density at radius 2 is 1.59 bits per heavy atom. The molecule has 0 unspecified atom stereocenters. The van der Waals surface area contributed by atoms with Gasteiger partial charge in [-0.1, -0.05) is 54.6 Å². The molecule has 0 aliphatic heterocycles. The van der Waals surface area contributed by atoms with Gasteiger partial charge in [0.25, 0.3) is 10.0 Å². The molecule has 0 aliphatic rings. The lowest BCUT2D eigenvalue weighted by molar-refractivity contribution is 0.340. The monoisotopic (exact) mass is 471 g/mol. The molecule has 6 heteroatoms. The topological polar surface area (TPSA) is 46.6 Å². The van der Waals surface area contributed by atoms with E-state index in [2.05, 4.69) is 15.9 Å². The van der Waals surface area contributed by atoms with Gasteiger partial charge in [0.15, 0.2) is 0 Å². The van der Waals surface area contributed by atoms with Gasteiger partial charge in [-0.15, -0.1) is 0 Å². The molecule has 3 rings (SSSR count). The molecule has 0 spiro atoms. The normalized spacial score (nSPS) is 11.5. The van der Waals surface area contributed by atoms with Crippen molar-refractivity contribution < 1.29 is 13.2 Å². The predicted molar refractivity (Wildman–Crippen MR) is 122 cm³/mol. The van der Waals surface area contributed by atoms with Crippen LogP contribution in [-0.2, 0) is 10.0 Å². The van der Waals surface area contributed by atoms with Gasteiger partial charge in [-0.3, -0.25) is 4.31 Å². The molecule has 0 radical (unpaired) electrons. The molecule has 3 aromatic rings. The molecule has 0 fully saturated rings. The third kappa shape index (κ3) is 5.28. The van der Waals surface area contributed by atoms with Crippen molar-refractivity contribution in [2.45, 2.75) is 11.8 Å². The minimum atomic E-state index is -3.77. The summed E-state index contributed by atoms with van der Waals surface area (Å²) in [6, 6.07) is 23.7. The van der Waals surface area contributed by atoms with Crippen LogP contribution in [0.4, 0.5) is 5.69 Å². The van der Waals surface area contributed by atoms with Crippen molar-refractivity contribution in [3.8, 4) is 5.75 Å². The summed E-state index contributed by atoms with van der Waals surface area (Å²) in [5.41, 5.74) is 1.58. The van der Waals surface area contributed by atoms with Crippen molar-refractivity contribution in [1.29, 1.82) is 0 Å². The van der Waals surface area contributed by atoms with E-state index >= 15 is 0 Å². The fraction of sp³-hybridized carbons (Fsp3) is 0.130. The first-order valence-electron chi connectivity index (χ1n) is 9.24. The molecule has 150 valence electrons. The van der Waals surface area contributed by atoms with E-state index in [-0.39, 0.29) is 11.4 Å². The molecule has 0 saturated carbocycles. The summed E-state index contributed by atoms with van der Waals surface area (Å²) in [7, 11) is -3.77. The Kier molecular flexibility index (Phi) is 7.12. The molecule has 0 heterocycles. The van der Waals surface area contributed by atoms with Crippen molar-refractivity contribution in [1.82, 2.24) is 0 Å². The van der Waals surface area contributed by atoms with Gasteiger partial charge in [-0.2, -0.15) is 0 Å². The van der Waals surface area contributed by atoms with Crippen LogP contribution >= 0.6 is 15.9 Å². The van der Waals surface area contributed by atoms with E-state index in [0.717, 1.165) is 5.56 Å². The van der Waals surface area contributed by atoms with E-state index in [1.807, 2.05) is 49.4 Å². The molecule has 0 bridgehead atoms.